The highest BCUT2D eigenvalue weighted by Gasteiger charge is 2.11. The Kier molecular flexibility index (Phi) is 5.07. The summed E-state index contributed by atoms with van der Waals surface area (Å²) in [6.07, 6.45) is 2.07. The molecule has 0 aliphatic carbocycles. The largest absolute Gasteiger partial charge is 0.493 e. The molecule has 0 radical (unpaired) electrons. The normalized spacial score (nSPS) is 10.5. The number of hydrogen-bond acceptors (Lipinski definition) is 4. The van der Waals surface area contributed by atoms with E-state index in [-0.39, 0.29) is 0 Å². The van der Waals surface area contributed by atoms with Crippen molar-refractivity contribution in [2.24, 2.45) is 0 Å². The first-order chi connectivity index (χ1) is 10.1. The van der Waals surface area contributed by atoms with Crippen molar-refractivity contribution >= 4 is 11.8 Å². The number of aryl methyl sites for hydroxylation is 2. The van der Waals surface area contributed by atoms with E-state index < -0.39 is 0 Å². The van der Waals surface area contributed by atoms with Crippen LogP contribution in [0.4, 0.5) is 0 Å². The predicted molar refractivity (Wildman–Crippen MR) is 88.3 cm³/mol. The van der Waals surface area contributed by atoms with Crippen LogP contribution in [0, 0.1) is 13.8 Å². The average molecular weight is 306 g/mol. The maximum atomic E-state index is 5.39. The molecule has 0 amide bonds. The topological polar surface area (TPSA) is 35.4 Å². The van der Waals surface area contributed by atoms with Gasteiger partial charge in [-0.25, -0.2) is 0 Å². The molecule has 1 aromatic carbocycles. The van der Waals surface area contributed by atoms with Gasteiger partial charge in [-0.05, 0) is 49.9 Å². The zero-order valence-electron chi connectivity index (χ0n) is 13.2. The van der Waals surface area contributed by atoms with E-state index in [1.165, 1.54) is 21.8 Å². The van der Waals surface area contributed by atoms with Gasteiger partial charge in [0.15, 0.2) is 11.5 Å². The molecule has 0 atom stereocenters. The van der Waals surface area contributed by atoms with Gasteiger partial charge in [0.1, 0.15) is 0 Å². The van der Waals surface area contributed by atoms with Gasteiger partial charge in [-0.3, -0.25) is 4.68 Å². The van der Waals surface area contributed by atoms with Crippen molar-refractivity contribution < 1.29 is 9.47 Å². The lowest BCUT2D eigenvalue weighted by Gasteiger charge is -2.17. The Balaban J connectivity index is 2.26. The molecule has 5 heteroatoms. The van der Waals surface area contributed by atoms with Crippen LogP contribution >= 0.6 is 11.8 Å². The first-order valence-corrected chi connectivity index (χ1v) is 8.01. The molecule has 21 heavy (non-hydrogen) atoms. The highest BCUT2D eigenvalue weighted by Crippen LogP contribution is 2.34. The van der Waals surface area contributed by atoms with E-state index in [9.17, 15) is 0 Å². The molecule has 0 spiro atoms. The maximum Gasteiger partial charge on any atom is 0.161 e. The Morgan fingerprint density at radius 2 is 1.62 bits per heavy atom. The van der Waals surface area contributed by atoms with Gasteiger partial charge in [0.05, 0.1) is 20.8 Å². The van der Waals surface area contributed by atoms with Crippen LogP contribution in [0.1, 0.15) is 17.0 Å². The van der Waals surface area contributed by atoms with E-state index in [0.29, 0.717) is 0 Å². The molecule has 1 heterocycles. The lowest BCUT2D eigenvalue weighted by Crippen LogP contribution is -2.17. The molecule has 0 unspecified atom stereocenters. The van der Waals surface area contributed by atoms with Crippen molar-refractivity contribution in [3.05, 3.63) is 41.2 Å². The first-order valence-electron chi connectivity index (χ1n) is 6.78. The van der Waals surface area contributed by atoms with Crippen molar-refractivity contribution in [1.82, 2.24) is 4.68 Å². The molecule has 1 N–H and O–H groups in total. The molecule has 0 aliphatic rings. The van der Waals surface area contributed by atoms with E-state index in [4.69, 9.17) is 9.47 Å². The fraction of sp³-hybridized carbons (Fsp3) is 0.375. The highest BCUT2D eigenvalue weighted by atomic mass is 32.2. The van der Waals surface area contributed by atoms with Crippen LogP contribution in [0.5, 0.6) is 11.5 Å². The predicted octanol–water partition coefficient (Wildman–Crippen LogP) is 3.59. The van der Waals surface area contributed by atoms with Gasteiger partial charge in [-0.2, -0.15) is 0 Å². The Morgan fingerprint density at radius 1 is 1.05 bits per heavy atom. The zero-order valence-corrected chi connectivity index (χ0v) is 14.0. The Morgan fingerprint density at radius 3 is 2.14 bits per heavy atom. The molecule has 114 valence electrons. The van der Waals surface area contributed by atoms with E-state index in [1.807, 2.05) is 12.1 Å². The number of thioether (sulfide) groups is 1. The van der Waals surface area contributed by atoms with Crippen LogP contribution in [-0.4, -0.2) is 25.2 Å². The molecule has 0 fully saturated rings. The SMILES string of the molecule is COc1cc(CNn2c(C)ccc2C)c(SC)cc1OC. The number of ether oxygens (including phenoxy) is 2. The van der Waals surface area contributed by atoms with Crippen LogP contribution in [0.2, 0.25) is 0 Å². The molecule has 2 aromatic rings. The van der Waals surface area contributed by atoms with Crippen LogP contribution in [0.3, 0.4) is 0 Å². The average Bonchev–Trinajstić information content (AvgIpc) is 2.83. The van der Waals surface area contributed by atoms with E-state index in [0.717, 1.165) is 18.0 Å². The third-order valence-electron chi connectivity index (χ3n) is 3.49. The molecule has 2 rings (SSSR count). The summed E-state index contributed by atoms with van der Waals surface area (Å²) in [5.74, 6) is 1.52. The smallest absolute Gasteiger partial charge is 0.161 e. The summed E-state index contributed by atoms with van der Waals surface area (Å²) in [6.45, 7) is 4.90. The minimum Gasteiger partial charge on any atom is -0.493 e. The summed E-state index contributed by atoms with van der Waals surface area (Å²) in [7, 11) is 3.32. The molecule has 0 aliphatic heterocycles. The molecule has 0 saturated heterocycles. The first kappa shape index (κ1) is 15.6. The lowest BCUT2D eigenvalue weighted by atomic mass is 10.2. The van der Waals surface area contributed by atoms with Crippen LogP contribution < -0.4 is 14.9 Å². The summed E-state index contributed by atoms with van der Waals surface area (Å²) in [6, 6.07) is 8.26. The summed E-state index contributed by atoms with van der Waals surface area (Å²) in [5.41, 5.74) is 7.02. The number of methoxy groups -OCH3 is 2. The Bertz CT molecular complexity index is 603. The maximum absolute atomic E-state index is 5.39. The van der Waals surface area contributed by atoms with Crippen molar-refractivity contribution in [2.45, 2.75) is 25.3 Å². The van der Waals surface area contributed by atoms with Crippen molar-refractivity contribution in [3.8, 4) is 11.5 Å². The lowest BCUT2D eigenvalue weighted by molar-refractivity contribution is 0.353. The Labute approximate surface area is 130 Å². The van der Waals surface area contributed by atoms with Crippen molar-refractivity contribution in [1.29, 1.82) is 0 Å². The van der Waals surface area contributed by atoms with Gasteiger partial charge in [-0.15, -0.1) is 11.8 Å². The molecule has 0 saturated carbocycles. The second kappa shape index (κ2) is 6.80. The van der Waals surface area contributed by atoms with E-state index in [1.54, 1.807) is 26.0 Å². The number of benzene rings is 1. The van der Waals surface area contributed by atoms with Crippen molar-refractivity contribution in [3.63, 3.8) is 0 Å². The number of nitrogens with zero attached hydrogens (tertiary/aromatic N) is 1. The van der Waals surface area contributed by atoms with Crippen LogP contribution in [0.25, 0.3) is 0 Å². The summed E-state index contributed by atoms with van der Waals surface area (Å²) in [4.78, 5) is 1.18. The minimum atomic E-state index is 0.729. The van der Waals surface area contributed by atoms with Crippen LogP contribution in [-0.2, 0) is 6.54 Å². The van der Waals surface area contributed by atoms with Gasteiger partial charge < -0.3 is 14.9 Å². The monoisotopic (exact) mass is 306 g/mol. The second-order valence-electron chi connectivity index (χ2n) is 4.81. The van der Waals surface area contributed by atoms with Crippen LogP contribution in [0.15, 0.2) is 29.2 Å². The Hall–Kier alpha value is -1.75. The second-order valence-corrected chi connectivity index (χ2v) is 5.65. The third-order valence-corrected chi connectivity index (χ3v) is 4.31. The third kappa shape index (κ3) is 3.29. The molecular weight excluding hydrogens is 284 g/mol. The number of rotatable bonds is 6. The summed E-state index contributed by atoms with van der Waals surface area (Å²) < 4.78 is 12.8. The van der Waals surface area contributed by atoms with Gasteiger partial charge in [-0.1, -0.05) is 0 Å². The minimum absolute atomic E-state index is 0.729. The molecule has 1 aromatic heterocycles. The number of aromatic nitrogens is 1. The van der Waals surface area contributed by atoms with Gasteiger partial charge in [0.25, 0.3) is 0 Å². The van der Waals surface area contributed by atoms with E-state index >= 15 is 0 Å². The summed E-state index contributed by atoms with van der Waals surface area (Å²) in [5, 5.41) is 0. The quantitative estimate of drug-likeness (QED) is 0.827. The summed E-state index contributed by atoms with van der Waals surface area (Å²) >= 11 is 1.70. The van der Waals surface area contributed by atoms with Gasteiger partial charge >= 0.3 is 0 Å². The van der Waals surface area contributed by atoms with E-state index in [2.05, 4.69) is 42.3 Å². The number of nitrogens with one attached hydrogen (secondary N) is 1. The fourth-order valence-corrected chi connectivity index (χ4v) is 2.93. The van der Waals surface area contributed by atoms with Gasteiger partial charge in [0, 0.05) is 16.3 Å². The molecule has 4 nitrogen and oxygen atoms in total. The molecule has 0 bridgehead atoms. The fourth-order valence-electron chi connectivity index (χ4n) is 2.31. The zero-order chi connectivity index (χ0) is 15.4. The van der Waals surface area contributed by atoms with Gasteiger partial charge in [0.2, 0.25) is 0 Å². The number of hydrogen-bond donors (Lipinski definition) is 1. The standard InChI is InChI=1S/C16H22N2O2S/c1-11-6-7-12(2)18(11)17-10-13-8-14(19-3)15(20-4)9-16(13)21-5/h6-9,17H,10H2,1-5H3. The molecular formula is C16H22N2O2S. The highest BCUT2D eigenvalue weighted by molar-refractivity contribution is 7.98. The van der Waals surface area contributed by atoms with Crippen molar-refractivity contribution in [2.75, 3.05) is 25.9 Å².